The second kappa shape index (κ2) is 13.8. The summed E-state index contributed by atoms with van der Waals surface area (Å²) in [7, 11) is -7.01. The number of rotatable bonds is 9. The fourth-order valence-electron chi connectivity index (χ4n) is 5.77. The molecule has 4 heterocycles. The molecule has 2 fully saturated rings. The molecule has 14 heteroatoms. The van der Waals surface area contributed by atoms with E-state index in [-0.39, 0.29) is 23.7 Å². The van der Waals surface area contributed by atoms with Crippen molar-refractivity contribution >= 4 is 65.9 Å². The predicted molar refractivity (Wildman–Crippen MR) is 181 cm³/mol. The van der Waals surface area contributed by atoms with Crippen molar-refractivity contribution in [2.45, 2.75) is 34.1 Å². The third kappa shape index (κ3) is 7.11. The lowest BCUT2D eigenvalue weighted by atomic mass is 9.97. The molecule has 2 aliphatic rings. The Hall–Kier alpha value is -3.40. The number of thiophene rings is 2. The lowest BCUT2D eigenvalue weighted by molar-refractivity contribution is -0.121. The van der Waals surface area contributed by atoms with Crippen LogP contribution in [0.15, 0.2) is 92.0 Å². The second-order valence-electron chi connectivity index (χ2n) is 11.4. The van der Waals surface area contributed by atoms with Gasteiger partial charge in [0.05, 0.1) is 0 Å². The minimum atomic E-state index is -3.51. The van der Waals surface area contributed by atoms with Crippen LogP contribution in [-0.4, -0.2) is 63.4 Å². The first-order valence-corrected chi connectivity index (χ1v) is 19.6. The third-order valence-corrected chi connectivity index (χ3v) is 15.0. The Kier molecular flexibility index (Phi) is 9.73. The summed E-state index contributed by atoms with van der Waals surface area (Å²) in [6.07, 6.45) is 1.87. The molecule has 242 valence electrons. The van der Waals surface area contributed by atoms with Gasteiger partial charge in [-0.3, -0.25) is 9.59 Å². The van der Waals surface area contributed by atoms with Crippen LogP contribution in [0.4, 0.5) is 11.4 Å². The minimum absolute atomic E-state index is 0.115. The van der Waals surface area contributed by atoms with Crippen molar-refractivity contribution in [2.24, 2.45) is 11.8 Å². The van der Waals surface area contributed by atoms with Crippen LogP contribution in [0.5, 0.6) is 0 Å². The number of sulfonamides is 2. The predicted octanol–water partition coefficient (Wildman–Crippen LogP) is 5.56. The number of benzene rings is 2. The van der Waals surface area contributed by atoms with Crippen LogP contribution in [0.3, 0.4) is 0 Å². The van der Waals surface area contributed by atoms with Crippen LogP contribution >= 0.6 is 22.7 Å². The summed E-state index contributed by atoms with van der Waals surface area (Å²) in [6, 6.07) is 21.7. The summed E-state index contributed by atoms with van der Waals surface area (Å²) >= 11 is 2.40. The molecule has 2 N–H and O–H groups in total. The molecule has 2 aromatic carbocycles. The van der Waals surface area contributed by atoms with E-state index in [4.69, 9.17) is 0 Å². The number of hydrogen-bond donors (Lipinski definition) is 2. The number of carbonyl (C=O) groups is 2. The maximum atomic E-state index is 12.9. The second-order valence-corrected chi connectivity index (χ2v) is 17.6. The van der Waals surface area contributed by atoms with Gasteiger partial charge in [-0.2, -0.15) is 8.61 Å². The Labute approximate surface area is 277 Å². The number of carbonyl (C=O) groups excluding carboxylic acids is 2. The van der Waals surface area contributed by atoms with Gasteiger partial charge in [-0.15, -0.1) is 22.7 Å². The molecular weight excluding hydrogens is 665 g/mol. The number of amides is 2. The fraction of sp³-hybridized carbons (Fsp3) is 0.312. The largest absolute Gasteiger partial charge is 0.326 e. The van der Waals surface area contributed by atoms with Gasteiger partial charge in [0.25, 0.3) is 20.0 Å². The Bertz CT molecular complexity index is 1720. The van der Waals surface area contributed by atoms with E-state index in [2.05, 4.69) is 10.6 Å². The Morgan fingerprint density at radius 2 is 0.913 bits per heavy atom. The molecule has 0 saturated carbocycles. The Morgan fingerprint density at radius 3 is 1.22 bits per heavy atom. The molecule has 0 radical (unpaired) electrons. The standard InChI is InChI=1S/C32H34N4O6S4/c37-31(25-13-17-35(18-14-25)45(39,40)29-3-1-21-43-29)33-27-9-5-23(6-10-27)24-7-11-28(12-8-24)34-32(38)26-15-19-36(20-16-26)46(41,42)30-4-2-22-44-30/h1-12,21-22,25-26H,13-20H2,(H,33,37)(H,34,38). The number of piperidine rings is 2. The van der Waals surface area contributed by atoms with E-state index < -0.39 is 20.0 Å². The summed E-state index contributed by atoms with van der Waals surface area (Å²) in [5.74, 6) is -0.750. The SMILES string of the molecule is O=C(Nc1ccc(-c2ccc(NC(=O)C3CCN(S(=O)(=O)c4cccs4)CC3)cc2)cc1)C1CCN(S(=O)(=O)c2cccs2)CC1. The summed E-state index contributed by atoms with van der Waals surface area (Å²) in [4.78, 5) is 25.8. The highest BCUT2D eigenvalue weighted by Gasteiger charge is 2.34. The summed E-state index contributed by atoms with van der Waals surface area (Å²) < 4.78 is 54.6. The zero-order valence-corrected chi connectivity index (χ0v) is 28.1. The summed E-state index contributed by atoms with van der Waals surface area (Å²) in [5.41, 5.74) is 3.23. The van der Waals surface area contributed by atoms with E-state index >= 15 is 0 Å². The summed E-state index contributed by atoms with van der Waals surface area (Å²) in [6.45, 7) is 1.25. The Morgan fingerprint density at radius 1 is 0.565 bits per heavy atom. The zero-order valence-electron chi connectivity index (χ0n) is 24.9. The van der Waals surface area contributed by atoms with E-state index in [1.165, 1.54) is 31.3 Å². The average molecular weight is 699 g/mol. The van der Waals surface area contributed by atoms with E-state index in [0.717, 1.165) is 11.1 Å². The maximum absolute atomic E-state index is 12.9. The fourth-order valence-corrected chi connectivity index (χ4v) is 11.0. The molecule has 10 nitrogen and oxygen atoms in total. The van der Waals surface area contributed by atoms with Gasteiger partial charge in [-0.05, 0) is 84.0 Å². The van der Waals surface area contributed by atoms with Gasteiger partial charge in [0, 0.05) is 49.4 Å². The molecule has 0 unspecified atom stereocenters. The van der Waals surface area contributed by atoms with E-state index in [9.17, 15) is 26.4 Å². The molecule has 0 aliphatic carbocycles. The molecule has 0 bridgehead atoms. The van der Waals surface area contributed by atoms with Crippen molar-refractivity contribution in [2.75, 3.05) is 36.8 Å². The molecule has 46 heavy (non-hydrogen) atoms. The molecule has 2 aromatic heterocycles. The average Bonchev–Trinajstić information content (AvgIpc) is 3.82. The molecule has 2 aliphatic heterocycles. The first-order chi connectivity index (χ1) is 22.1. The highest BCUT2D eigenvalue weighted by atomic mass is 32.3. The Balaban J connectivity index is 0.972. The zero-order chi connectivity index (χ0) is 32.3. The van der Waals surface area contributed by atoms with Crippen LogP contribution in [0.2, 0.25) is 0 Å². The van der Waals surface area contributed by atoms with E-state index in [0.29, 0.717) is 71.7 Å². The van der Waals surface area contributed by atoms with Crippen LogP contribution in [0.25, 0.3) is 11.1 Å². The highest BCUT2D eigenvalue weighted by molar-refractivity contribution is 7.91. The maximum Gasteiger partial charge on any atom is 0.252 e. The van der Waals surface area contributed by atoms with Crippen molar-refractivity contribution in [3.63, 3.8) is 0 Å². The lowest BCUT2D eigenvalue weighted by Crippen LogP contribution is -2.41. The van der Waals surface area contributed by atoms with Crippen molar-refractivity contribution < 1.29 is 26.4 Å². The highest BCUT2D eigenvalue weighted by Crippen LogP contribution is 2.30. The van der Waals surface area contributed by atoms with Gasteiger partial charge < -0.3 is 10.6 Å². The van der Waals surface area contributed by atoms with Crippen molar-refractivity contribution in [3.05, 3.63) is 83.6 Å². The van der Waals surface area contributed by atoms with Gasteiger partial charge in [0.1, 0.15) is 8.42 Å². The van der Waals surface area contributed by atoms with Gasteiger partial charge in [0.2, 0.25) is 11.8 Å². The van der Waals surface area contributed by atoms with Crippen LogP contribution in [-0.2, 0) is 29.6 Å². The van der Waals surface area contributed by atoms with Gasteiger partial charge in [0.15, 0.2) is 0 Å². The van der Waals surface area contributed by atoms with Gasteiger partial charge >= 0.3 is 0 Å². The van der Waals surface area contributed by atoms with E-state index in [1.807, 2.05) is 48.5 Å². The molecule has 2 saturated heterocycles. The van der Waals surface area contributed by atoms with Crippen LogP contribution < -0.4 is 10.6 Å². The normalized spacial score (nSPS) is 17.5. The van der Waals surface area contributed by atoms with Crippen LogP contribution in [0, 0.1) is 11.8 Å². The summed E-state index contributed by atoms with van der Waals surface area (Å²) in [5, 5.41) is 9.41. The number of anilines is 2. The smallest absolute Gasteiger partial charge is 0.252 e. The molecular formula is C32H34N4O6S4. The van der Waals surface area contributed by atoms with Crippen molar-refractivity contribution in [1.29, 1.82) is 0 Å². The van der Waals surface area contributed by atoms with Crippen molar-refractivity contribution in [1.82, 2.24) is 8.61 Å². The third-order valence-electron chi connectivity index (χ3n) is 8.47. The molecule has 0 atom stereocenters. The van der Waals surface area contributed by atoms with Crippen LogP contribution in [0.1, 0.15) is 25.7 Å². The number of nitrogens with one attached hydrogen (secondary N) is 2. The van der Waals surface area contributed by atoms with Gasteiger partial charge in [-0.1, -0.05) is 36.4 Å². The molecule has 4 aromatic rings. The monoisotopic (exact) mass is 698 g/mol. The quantitative estimate of drug-likeness (QED) is 0.236. The first kappa shape index (κ1) is 32.5. The van der Waals surface area contributed by atoms with Gasteiger partial charge in [-0.25, -0.2) is 16.8 Å². The topological polar surface area (TPSA) is 133 Å². The first-order valence-electron chi connectivity index (χ1n) is 15.0. The minimum Gasteiger partial charge on any atom is -0.326 e. The number of hydrogen-bond acceptors (Lipinski definition) is 8. The lowest BCUT2D eigenvalue weighted by Gasteiger charge is -2.30. The van der Waals surface area contributed by atoms with E-state index in [1.54, 1.807) is 35.0 Å². The van der Waals surface area contributed by atoms with Crippen molar-refractivity contribution in [3.8, 4) is 11.1 Å². The molecule has 0 spiro atoms. The number of nitrogens with zero attached hydrogens (tertiary/aromatic N) is 2. The molecule has 2 amide bonds. The molecule has 6 rings (SSSR count).